The van der Waals surface area contributed by atoms with Gasteiger partial charge in [0.25, 0.3) is 5.56 Å². The molecule has 0 spiro atoms. The van der Waals surface area contributed by atoms with Crippen LogP contribution in [0.5, 0.6) is 0 Å². The molecular formula is C39H51F3N2O14. The van der Waals surface area contributed by atoms with Gasteiger partial charge in [-0.25, -0.2) is 9.59 Å². The Kier molecular flexibility index (Phi) is 20.9. The highest BCUT2D eigenvalue weighted by atomic mass is 19.4. The molecule has 0 aliphatic carbocycles. The molecule has 2 heterocycles. The summed E-state index contributed by atoms with van der Waals surface area (Å²) in [5, 5.41) is 0.545. The number of H-pyrrole nitrogens is 1. The number of carbonyl (C=O) groups excluding carboxylic acids is 2. The number of methoxy groups -OCH3 is 1. The molecule has 2 aromatic carbocycles. The van der Waals surface area contributed by atoms with Crippen molar-refractivity contribution in [1.82, 2.24) is 4.98 Å². The summed E-state index contributed by atoms with van der Waals surface area (Å²) in [4.78, 5) is 41.5. The van der Waals surface area contributed by atoms with Crippen molar-refractivity contribution >= 4 is 28.5 Å². The number of amides is 1. The number of hydrogen-bond acceptors (Lipinski definition) is 14. The molecular weight excluding hydrogens is 777 g/mol. The number of aromatic nitrogens is 1. The first-order chi connectivity index (χ1) is 28.2. The van der Waals surface area contributed by atoms with Gasteiger partial charge < -0.3 is 57.1 Å². The van der Waals surface area contributed by atoms with Crippen molar-refractivity contribution in [2.24, 2.45) is 0 Å². The topological polar surface area (TPSA) is 172 Å². The van der Waals surface area contributed by atoms with Crippen LogP contribution in [0.15, 0.2) is 53.3 Å². The highest BCUT2D eigenvalue weighted by Crippen LogP contribution is 2.37. The van der Waals surface area contributed by atoms with E-state index in [1.54, 1.807) is 13.2 Å². The molecule has 0 bridgehead atoms. The number of nitrogens with one attached hydrogen (secondary N) is 1. The Morgan fingerprint density at radius 2 is 1.24 bits per heavy atom. The third-order valence-corrected chi connectivity index (χ3v) is 8.22. The predicted octanol–water partition coefficient (Wildman–Crippen LogP) is 3.86. The number of benzene rings is 2. The van der Waals surface area contributed by atoms with Crippen molar-refractivity contribution in [2.75, 3.05) is 137 Å². The van der Waals surface area contributed by atoms with Crippen LogP contribution < -0.4 is 10.5 Å². The second-order valence-corrected chi connectivity index (χ2v) is 12.5. The van der Waals surface area contributed by atoms with Gasteiger partial charge in [-0.2, -0.15) is 13.2 Å². The summed E-state index contributed by atoms with van der Waals surface area (Å²) >= 11 is 0. The summed E-state index contributed by atoms with van der Waals surface area (Å²) in [6, 6.07) is 10.9. The zero-order valence-corrected chi connectivity index (χ0v) is 32.4. The fraction of sp³-hybridized carbons (Fsp3) is 0.564. The maximum atomic E-state index is 13.6. The minimum absolute atomic E-state index is 0.00713. The fourth-order valence-corrected chi connectivity index (χ4v) is 5.41. The van der Waals surface area contributed by atoms with Crippen LogP contribution in [-0.4, -0.2) is 156 Å². The molecule has 0 radical (unpaired) electrons. The molecule has 3 aromatic rings. The van der Waals surface area contributed by atoms with Gasteiger partial charge in [0.05, 0.1) is 118 Å². The number of halogens is 3. The monoisotopic (exact) mass is 828 g/mol. The van der Waals surface area contributed by atoms with Crippen LogP contribution in [0.3, 0.4) is 0 Å². The Balaban J connectivity index is 0.976. The van der Waals surface area contributed by atoms with Gasteiger partial charge in [0.2, 0.25) is 0 Å². The number of pyridine rings is 1. The molecule has 1 atom stereocenters. The Morgan fingerprint density at radius 1 is 0.724 bits per heavy atom. The largest absolute Gasteiger partial charge is 0.460 e. The summed E-state index contributed by atoms with van der Waals surface area (Å²) in [5.41, 5.74) is -1.33. The molecule has 1 fully saturated rings. The van der Waals surface area contributed by atoms with E-state index in [0.29, 0.717) is 104 Å². The molecule has 58 heavy (non-hydrogen) atoms. The Labute approximate surface area is 333 Å². The minimum atomic E-state index is -4.61. The van der Waals surface area contributed by atoms with Crippen LogP contribution in [-0.2, 0) is 63.1 Å². The van der Waals surface area contributed by atoms with E-state index in [0.717, 1.165) is 6.07 Å². The second-order valence-electron chi connectivity index (χ2n) is 12.5. The normalized spacial score (nSPS) is 14.4. The Morgan fingerprint density at radius 3 is 1.78 bits per heavy atom. The lowest BCUT2D eigenvalue weighted by atomic mass is 10.0. The maximum absolute atomic E-state index is 13.6. The SMILES string of the molecule is COCCOCCOCCOCCOCCOCCOCCOCCOCC(=O)OC[C@@H]1CN(c2ccc3cc(-c4ccccc4C(F)(F)F)[nH]c(=O)c3c2)C(=O)O1. The van der Waals surface area contributed by atoms with Gasteiger partial charge in [0.1, 0.15) is 13.2 Å². The molecule has 1 saturated heterocycles. The lowest BCUT2D eigenvalue weighted by Gasteiger charge is -2.15. The summed E-state index contributed by atoms with van der Waals surface area (Å²) in [6.45, 7) is 6.30. The summed E-state index contributed by atoms with van der Waals surface area (Å²) < 4.78 is 99.3. The van der Waals surface area contributed by atoms with Crippen LogP contribution in [0.25, 0.3) is 22.0 Å². The molecule has 4 rings (SSSR count). The van der Waals surface area contributed by atoms with Gasteiger partial charge in [-0.05, 0) is 29.7 Å². The molecule has 322 valence electrons. The Hall–Kier alpha value is -4.18. The van der Waals surface area contributed by atoms with Crippen molar-refractivity contribution in [3.8, 4) is 11.3 Å². The third-order valence-electron chi connectivity index (χ3n) is 8.22. The van der Waals surface area contributed by atoms with Gasteiger partial charge in [-0.1, -0.05) is 24.3 Å². The van der Waals surface area contributed by atoms with E-state index in [9.17, 15) is 27.6 Å². The van der Waals surface area contributed by atoms with E-state index in [4.69, 9.17) is 52.1 Å². The van der Waals surface area contributed by atoms with E-state index in [1.807, 2.05) is 0 Å². The highest BCUT2D eigenvalue weighted by molar-refractivity contribution is 5.95. The molecule has 16 nitrogen and oxygen atoms in total. The van der Waals surface area contributed by atoms with Crippen molar-refractivity contribution in [1.29, 1.82) is 0 Å². The van der Waals surface area contributed by atoms with Gasteiger partial charge in [-0.3, -0.25) is 9.69 Å². The molecule has 19 heteroatoms. The maximum Gasteiger partial charge on any atom is 0.417 e. The number of ether oxygens (including phenoxy) is 11. The minimum Gasteiger partial charge on any atom is -0.460 e. The molecule has 1 aliphatic heterocycles. The van der Waals surface area contributed by atoms with Crippen LogP contribution >= 0.6 is 0 Å². The Bertz CT molecular complexity index is 1730. The standard InChI is InChI=1S/C39H51F3N2O14/c1-48-8-9-49-10-11-50-12-13-51-14-15-52-16-17-53-18-19-54-20-21-55-22-23-56-28-36(45)57-27-31-26-44(38(47)58-31)30-7-6-29-24-35(43-37(46)33(29)25-30)32-4-2-3-5-34(32)39(40,41)42/h2-7,24-25,31H,8-23,26-28H2,1H3,(H,43,46)/t31-/m0/s1. The first kappa shape index (κ1) is 46.5. The lowest BCUT2D eigenvalue weighted by Crippen LogP contribution is -2.27. The first-order valence-electron chi connectivity index (χ1n) is 18.8. The van der Waals surface area contributed by atoms with E-state index in [1.165, 1.54) is 41.3 Å². The highest BCUT2D eigenvalue weighted by Gasteiger charge is 2.35. The lowest BCUT2D eigenvalue weighted by molar-refractivity contribution is -0.151. The fourth-order valence-electron chi connectivity index (χ4n) is 5.41. The number of aromatic amines is 1. The molecule has 1 amide bonds. The van der Waals surface area contributed by atoms with Gasteiger partial charge >= 0.3 is 18.2 Å². The van der Waals surface area contributed by atoms with Crippen LogP contribution in [0.1, 0.15) is 5.56 Å². The summed E-state index contributed by atoms with van der Waals surface area (Å²) in [6.07, 6.45) is -6.10. The van der Waals surface area contributed by atoms with Crippen LogP contribution in [0.4, 0.5) is 23.7 Å². The van der Waals surface area contributed by atoms with Crippen molar-refractivity contribution < 1.29 is 74.9 Å². The molecule has 0 unspecified atom stereocenters. The number of carbonyl (C=O) groups is 2. The van der Waals surface area contributed by atoms with E-state index in [2.05, 4.69) is 4.98 Å². The smallest absolute Gasteiger partial charge is 0.417 e. The number of anilines is 1. The van der Waals surface area contributed by atoms with Crippen LogP contribution in [0.2, 0.25) is 0 Å². The average molecular weight is 829 g/mol. The van der Waals surface area contributed by atoms with Crippen molar-refractivity contribution in [3.05, 3.63) is 64.4 Å². The van der Waals surface area contributed by atoms with E-state index >= 15 is 0 Å². The number of hydrogen-bond donors (Lipinski definition) is 1. The number of nitrogens with zero attached hydrogens (tertiary/aromatic N) is 1. The molecule has 1 aliphatic rings. The van der Waals surface area contributed by atoms with Gasteiger partial charge in [0.15, 0.2) is 6.10 Å². The predicted molar refractivity (Wildman–Crippen MR) is 202 cm³/mol. The average Bonchev–Trinajstić information content (AvgIpc) is 3.59. The van der Waals surface area contributed by atoms with E-state index in [-0.39, 0.29) is 49.6 Å². The third kappa shape index (κ3) is 16.6. The number of esters is 1. The zero-order chi connectivity index (χ0) is 41.4. The summed E-state index contributed by atoms with van der Waals surface area (Å²) in [7, 11) is 1.63. The zero-order valence-electron chi connectivity index (χ0n) is 32.4. The van der Waals surface area contributed by atoms with Gasteiger partial charge in [0, 0.05) is 29.4 Å². The number of fused-ring (bicyclic) bond motifs is 1. The first-order valence-corrected chi connectivity index (χ1v) is 18.8. The molecule has 1 N–H and O–H groups in total. The quantitative estimate of drug-likeness (QED) is 0.0759. The number of alkyl halides is 3. The second kappa shape index (κ2) is 26.0. The van der Waals surface area contributed by atoms with E-state index < -0.39 is 35.5 Å². The van der Waals surface area contributed by atoms with Crippen molar-refractivity contribution in [3.63, 3.8) is 0 Å². The number of cyclic esters (lactones) is 1. The molecule has 0 saturated carbocycles. The van der Waals surface area contributed by atoms with Crippen LogP contribution in [0, 0.1) is 0 Å². The van der Waals surface area contributed by atoms with Gasteiger partial charge in [-0.15, -0.1) is 0 Å². The molecule has 1 aromatic heterocycles. The van der Waals surface area contributed by atoms with Crippen molar-refractivity contribution in [2.45, 2.75) is 12.3 Å². The summed E-state index contributed by atoms with van der Waals surface area (Å²) in [5.74, 6) is -0.658. The number of rotatable bonds is 30.